The van der Waals surface area contributed by atoms with Crippen molar-refractivity contribution in [3.8, 4) is 0 Å². The first kappa shape index (κ1) is 14.2. The lowest BCUT2D eigenvalue weighted by Crippen LogP contribution is -2.24. The third kappa shape index (κ3) is 3.04. The van der Waals surface area contributed by atoms with Crippen LogP contribution in [-0.4, -0.2) is 21.3 Å². The first-order valence-corrected chi connectivity index (χ1v) is 7.55. The van der Waals surface area contributed by atoms with Crippen LogP contribution >= 0.6 is 11.3 Å². The molecule has 2 rings (SSSR count). The summed E-state index contributed by atoms with van der Waals surface area (Å²) in [6, 6.07) is 0.292. The molecule has 0 aliphatic rings. The monoisotopic (exact) mass is 278 g/mol. The topological polar surface area (TPSA) is 42.7 Å². The normalized spacial score (nSPS) is 12.9. The van der Waals surface area contributed by atoms with E-state index in [0.717, 1.165) is 29.4 Å². The largest absolute Gasteiger partial charge is 0.310 e. The van der Waals surface area contributed by atoms with Crippen LogP contribution in [0.25, 0.3) is 0 Å². The molecule has 0 saturated heterocycles. The molecule has 0 saturated carbocycles. The lowest BCUT2D eigenvalue weighted by Gasteiger charge is -2.17. The van der Waals surface area contributed by atoms with Crippen LogP contribution in [0.4, 0.5) is 0 Å². The highest BCUT2D eigenvalue weighted by molar-refractivity contribution is 7.09. The van der Waals surface area contributed by atoms with Crippen molar-refractivity contribution in [1.82, 2.24) is 20.1 Å². The van der Waals surface area contributed by atoms with Crippen LogP contribution in [0, 0.1) is 20.8 Å². The Morgan fingerprint density at radius 3 is 2.58 bits per heavy atom. The number of hydrogen-bond acceptors (Lipinski definition) is 4. The number of likely N-dealkylation sites (N-methyl/N-ethyl adjacent to an activating group) is 1. The van der Waals surface area contributed by atoms with Crippen molar-refractivity contribution in [1.29, 1.82) is 0 Å². The minimum atomic E-state index is 0.292. The molecule has 2 aromatic rings. The van der Waals surface area contributed by atoms with Crippen LogP contribution in [0.3, 0.4) is 0 Å². The average Bonchev–Trinajstić information content (AvgIpc) is 2.84. The van der Waals surface area contributed by atoms with Crippen LogP contribution in [0.15, 0.2) is 5.38 Å². The molecule has 2 heterocycles. The van der Waals surface area contributed by atoms with Gasteiger partial charge in [0.05, 0.1) is 16.4 Å². The van der Waals surface area contributed by atoms with Gasteiger partial charge in [-0.25, -0.2) is 4.98 Å². The van der Waals surface area contributed by atoms with Crippen molar-refractivity contribution in [3.05, 3.63) is 33.0 Å². The summed E-state index contributed by atoms with van der Waals surface area (Å²) in [6.45, 7) is 9.35. The van der Waals surface area contributed by atoms with Crippen LogP contribution in [0.5, 0.6) is 0 Å². The van der Waals surface area contributed by atoms with Gasteiger partial charge in [0, 0.05) is 36.1 Å². The Hall–Kier alpha value is -1.20. The summed E-state index contributed by atoms with van der Waals surface area (Å²) >= 11 is 1.71. The second-order valence-corrected chi connectivity index (χ2v) is 5.94. The Bertz CT molecular complexity index is 556. The van der Waals surface area contributed by atoms with Crippen molar-refractivity contribution in [2.24, 2.45) is 7.05 Å². The molecule has 0 aliphatic carbocycles. The number of thiazole rings is 1. The summed E-state index contributed by atoms with van der Waals surface area (Å²) in [5.41, 5.74) is 4.82. The van der Waals surface area contributed by atoms with Gasteiger partial charge in [0.2, 0.25) is 0 Å². The zero-order valence-electron chi connectivity index (χ0n) is 12.3. The van der Waals surface area contributed by atoms with E-state index in [1.165, 1.54) is 11.3 Å². The van der Waals surface area contributed by atoms with E-state index >= 15 is 0 Å². The van der Waals surface area contributed by atoms with Crippen molar-refractivity contribution in [3.63, 3.8) is 0 Å². The summed E-state index contributed by atoms with van der Waals surface area (Å²) < 4.78 is 1.96. The Morgan fingerprint density at radius 2 is 2.11 bits per heavy atom. The number of hydrogen-bond donors (Lipinski definition) is 1. The van der Waals surface area contributed by atoms with E-state index < -0.39 is 0 Å². The van der Waals surface area contributed by atoms with Gasteiger partial charge in [-0.3, -0.25) is 4.68 Å². The molecule has 104 valence electrons. The molecule has 0 radical (unpaired) electrons. The number of rotatable bonds is 5. The van der Waals surface area contributed by atoms with Gasteiger partial charge < -0.3 is 5.32 Å². The van der Waals surface area contributed by atoms with E-state index in [-0.39, 0.29) is 0 Å². The Morgan fingerprint density at radius 1 is 1.37 bits per heavy atom. The summed E-state index contributed by atoms with van der Waals surface area (Å²) in [6.07, 6.45) is 0.922. The lowest BCUT2D eigenvalue weighted by molar-refractivity contribution is 0.539. The molecule has 0 bridgehead atoms. The maximum Gasteiger partial charge on any atom is 0.0897 e. The van der Waals surface area contributed by atoms with E-state index in [9.17, 15) is 0 Å². The highest BCUT2D eigenvalue weighted by Gasteiger charge is 2.20. The number of aromatic nitrogens is 3. The Balaban J connectivity index is 2.29. The highest BCUT2D eigenvalue weighted by Crippen LogP contribution is 2.25. The predicted octanol–water partition coefficient (Wildman–Crippen LogP) is 2.70. The molecule has 1 N–H and O–H groups in total. The van der Waals surface area contributed by atoms with Gasteiger partial charge in [-0.15, -0.1) is 11.3 Å². The number of nitrogens with one attached hydrogen (secondary N) is 1. The fourth-order valence-corrected chi connectivity index (χ4v) is 3.15. The standard InChI is InChI=1S/C14H22N4S/c1-6-15-13(7-12-8-19-11(4)16-12)14-9(2)17-18(5)10(14)3/h8,13,15H,6-7H2,1-5H3. The van der Waals surface area contributed by atoms with Gasteiger partial charge in [-0.05, 0) is 27.3 Å². The fraction of sp³-hybridized carbons (Fsp3) is 0.571. The SMILES string of the molecule is CCNC(Cc1csc(C)n1)c1c(C)nn(C)c1C. The van der Waals surface area contributed by atoms with Gasteiger partial charge >= 0.3 is 0 Å². The van der Waals surface area contributed by atoms with E-state index in [4.69, 9.17) is 0 Å². The van der Waals surface area contributed by atoms with Crippen molar-refractivity contribution in [2.75, 3.05) is 6.54 Å². The molecule has 0 aromatic carbocycles. The first-order chi connectivity index (χ1) is 9.02. The Labute approximate surface area is 118 Å². The van der Waals surface area contributed by atoms with E-state index in [2.05, 4.69) is 48.5 Å². The molecule has 4 nitrogen and oxygen atoms in total. The molecule has 0 aliphatic heterocycles. The van der Waals surface area contributed by atoms with Gasteiger partial charge in [0.1, 0.15) is 0 Å². The molecule has 1 atom stereocenters. The molecule has 0 amide bonds. The van der Waals surface area contributed by atoms with E-state index in [1.807, 2.05) is 11.7 Å². The zero-order chi connectivity index (χ0) is 14.0. The summed E-state index contributed by atoms with van der Waals surface area (Å²) in [7, 11) is 2.00. The van der Waals surface area contributed by atoms with Gasteiger partial charge in [0.15, 0.2) is 0 Å². The second kappa shape index (κ2) is 5.84. The third-order valence-electron chi connectivity index (χ3n) is 3.44. The lowest BCUT2D eigenvalue weighted by atomic mass is 10.0. The van der Waals surface area contributed by atoms with Crippen LogP contribution in [0.2, 0.25) is 0 Å². The molecule has 0 spiro atoms. The number of nitrogens with zero attached hydrogens (tertiary/aromatic N) is 3. The maximum atomic E-state index is 4.58. The minimum Gasteiger partial charge on any atom is -0.310 e. The molecule has 1 unspecified atom stereocenters. The zero-order valence-corrected chi connectivity index (χ0v) is 13.1. The third-order valence-corrected chi connectivity index (χ3v) is 4.27. The van der Waals surface area contributed by atoms with Gasteiger partial charge in [-0.2, -0.15) is 5.10 Å². The molecule has 19 heavy (non-hydrogen) atoms. The first-order valence-electron chi connectivity index (χ1n) is 6.67. The summed E-state index contributed by atoms with van der Waals surface area (Å²) in [4.78, 5) is 4.58. The molecular formula is C14H22N4S. The fourth-order valence-electron chi connectivity index (χ4n) is 2.53. The summed E-state index contributed by atoms with van der Waals surface area (Å²) in [5, 5.41) is 11.4. The smallest absolute Gasteiger partial charge is 0.0897 e. The average molecular weight is 278 g/mol. The van der Waals surface area contributed by atoms with Crippen molar-refractivity contribution < 1.29 is 0 Å². The van der Waals surface area contributed by atoms with Gasteiger partial charge in [0.25, 0.3) is 0 Å². The molecular weight excluding hydrogens is 256 g/mol. The second-order valence-electron chi connectivity index (χ2n) is 4.88. The van der Waals surface area contributed by atoms with E-state index in [1.54, 1.807) is 11.3 Å². The van der Waals surface area contributed by atoms with Crippen LogP contribution in [-0.2, 0) is 13.5 Å². The van der Waals surface area contributed by atoms with Crippen molar-refractivity contribution >= 4 is 11.3 Å². The van der Waals surface area contributed by atoms with E-state index in [0.29, 0.717) is 6.04 Å². The minimum absolute atomic E-state index is 0.292. The maximum absolute atomic E-state index is 4.58. The van der Waals surface area contributed by atoms with Crippen LogP contribution in [0.1, 0.15) is 40.6 Å². The van der Waals surface area contributed by atoms with Crippen LogP contribution < -0.4 is 5.32 Å². The molecule has 5 heteroatoms. The quantitative estimate of drug-likeness (QED) is 0.914. The molecule has 0 fully saturated rings. The molecule has 2 aromatic heterocycles. The predicted molar refractivity (Wildman–Crippen MR) is 79.7 cm³/mol. The summed E-state index contributed by atoms with van der Waals surface area (Å²) in [5.74, 6) is 0. The highest BCUT2D eigenvalue weighted by atomic mass is 32.1. The number of aryl methyl sites for hydroxylation is 3. The van der Waals surface area contributed by atoms with Crippen molar-refractivity contribution in [2.45, 2.75) is 40.2 Å². The van der Waals surface area contributed by atoms with Gasteiger partial charge in [-0.1, -0.05) is 6.92 Å². The Kier molecular flexibility index (Phi) is 4.37.